The molecular formula is C10H12ClN. The van der Waals surface area contributed by atoms with Crippen LogP contribution in [0.3, 0.4) is 0 Å². The molecule has 0 saturated carbocycles. The maximum atomic E-state index is 5.84. The molecule has 1 nitrogen and oxygen atoms in total. The van der Waals surface area contributed by atoms with Gasteiger partial charge in [-0.1, -0.05) is 24.2 Å². The van der Waals surface area contributed by atoms with Gasteiger partial charge in [0.25, 0.3) is 0 Å². The SMILES string of the molecule is C=C(CN)c1cc(Cl)ccc1C. The smallest absolute Gasteiger partial charge is 0.0412 e. The summed E-state index contributed by atoms with van der Waals surface area (Å²) < 4.78 is 0. The van der Waals surface area contributed by atoms with Crippen molar-refractivity contribution in [3.05, 3.63) is 40.9 Å². The quantitative estimate of drug-likeness (QED) is 0.746. The van der Waals surface area contributed by atoms with Crippen molar-refractivity contribution in [1.82, 2.24) is 0 Å². The molecule has 0 unspecified atom stereocenters. The zero-order valence-electron chi connectivity index (χ0n) is 7.10. The van der Waals surface area contributed by atoms with E-state index in [1.165, 1.54) is 0 Å². The fraction of sp³-hybridized carbons (Fsp3) is 0.200. The van der Waals surface area contributed by atoms with Gasteiger partial charge in [0.1, 0.15) is 0 Å². The predicted octanol–water partition coefficient (Wildman–Crippen LogP) is 2.62. The Morgan fingerprint density at radius 1 is 1.58 bits per heavy atom. The van der Waals surface area contributed by atoms with E-state index in [4.69, 9.17) is 17.3 Å². The number of aryl methyl sites for hydroxylation is 1. The van der Waals surface area contributed by atoms with Gasteiger partial charge in [0.05, 0.1) is 0 Å². The lowest BCUT2D eigenvalue weighted by molar-refractivity contribution is 1.25. The topological polar surface area (TPSA) is 26.0 Å². The molecule has 0 aromatic heterocycles. The molecule has 12 heavy (non-hydrogen) atoms. The highest BCUT2D eigenvalue weighted by Crippen LogP contribution is 2.20. The second-order valence-electron chi connectivity index (χ2n) is 2.77. The van der Waals surface area contributed by atoms with Gasteiger partial charge in [-0.25, -0.2) is 0 Å². The fourth-order valence-corrected chi connectivity index (χ4v) is 1.26. The lowest BCUT2D eigenvalue weighted by Crippen LogP contribution is -2.02. The van der Waals surface area contributed by atoms with Crippen molar-refractivity contribution in [1.29, 1.82) is 0 Å². The van der Waals surface area contributed by atoms with Gasteiger partial charge in [-0.15, -0.1) is 0 Å². The van der Waals surface area contributed by atoms with Crippen molar-refractivity contribution in [2.75, 3.05) is 6.54 Å². The lowest BCUT2D eigenvalue weighted by Gasteiger charge is -2.06. The Labute approximate surface area is 77.8 Å². The highest BCUT2D eigenvalue weighted by Gasteiger charge is 2.01. The standard InChI is InChI=1S/C10H12ClN/c1-7-3-4-9(11)5-10(7)8(2)6-12/h3-5H,2,6,12H2,1H3. The highest BCUT2D eigenvalue weighted by molar-refractivity contribution is 6.30. The monoisotopic (exact) mass is 181 g/mol. The number of hydrogen-bond acceptors (Lipinski definition) is 1. The summed E-state index contributed by atoms with van der Waals surface area (Å²) in [6, 6.07) is 5.73. The van der Waals surface area contributed by atoms with Gasteiger partial charge < -0.3 is 5.73 Å². The second kappa shape index (κ2) is 3.74. The Hall–Kier alpha value is -0.790. The molecule has 0 fully saturated rings. The summed E-state index contributed by atoms with van der Waals surface area (Å²) in [6.07, 6.45) is 0. The molecule has 0 saturated heterocycles. The average molecular weight is 182 g/mol. The molecule has 2 N–H and O–H groups in total. The molecule has 0 aliphatic rings. The van der Waals surface area contributed by atoms with E-state index in [0.29, 0.717) is 6.54 Å². The predicted molar refractivity (Wildman–Crippen MR) is 54.3 cm³/mol. The third-order valence-electron chi connectivity index (χ3n) is 1.83. The van der Waals surface area contributed by atoms with Gasteiger partial charge in [0.2, 0.25) is 0 Å². The Bertz CT molecular complexity index is 305. The number of hydrogen-bond donors (Lipinski definition) is 1. The van der Waals surface area contributed by atoms with Crippen LogP contribution in [-0.4, -0.2) is 6.54 Å². The average Bonchev–Trinajstić information content (AvgIpc) is 2.08. The van der Waals surface area contributed by atoms with Gasteiger partial charge in [0, 0.05) is 11.6 Å². The largest absolute Gasteiger partial charge is 0.326 e. The Balaban J connectivity index is 3.13. The molecule has 2 heteroatoms. The maximum absolute atomic E-state index is 5.84. The van der Waals surface area contributed by atoms with E-state index in [1.807, 2.05) is 25.1 Å². The summed E-state index contributed by atoms with van der Waals surface area (Å²) in [5.74, 6) is 0. The Kier molecular flexibility index (Phi) is 2.90. The van der Waals surface area contributed by atoms with Crippen LogP contribution in [0.4, 0.5) is 0 Å². The zero-order valence-corrected chi connectivity index (χ0v) is 7.86. The molecule has 0 amide bonds. The molecule has 0 spiro atoms. The first-order valence-electron chi connectivity index (χ1n) is 3.79. The van der Waals surface area contributed by atoms with Crippen LogP contribution in [0.1, 0.15) is 11.1 Å². The molecule has 64 valence electrons. The van der Waals surface area contributed by atoms with Gasteiger partial charge in [-0.05, 0) is 35.8 Å². The van der Waals surface area contributed by atoms with E-state index in [0.717, 1.165) is 21.7 Å². The van der Waals surface area contributed by atoms with Crippen LogP contribution < -0.4 is 5.73 Å². The van der Waals surface area contributed by atoms with E-state index in [2.05, 4.69) is 6.58 Å². The van der Waals surface area contributed by atoms with E-state index in [1.54, 1.807) is 0 Å². The molecular weight excluding hydrogens is 170 g/mol. The first-order valence-corrected chi connectivity index (χ1v) is 4.17. The molecule has 1 aromatic rings. The first-order chi connectivity index (χ1) is 5.65. The van der Waals surface area contributed by atoms with Crippen LogP contribution in [0.5, 0.6) is 0 Å². The van der Waals surface area contributed by atoms with Crippen LogP contribution in [-0.2, 0) is 0 Å². The van der Waals surface area contributed by atoms with Gasteiger partial charge in [-0.2, -0.15) is 0 Å². The third kappa shape index (κ3) is 1.87. The Morgan fingerprint density at radius 3 is 2.83 bits per heavy atom. The minimum Gasteiger partial charge on any atom is -0.326 e. The van der Waals surface area contributed by atoms with Crippen LogP contribution >= 0.6 is 11.6 Å². The molecule has 0 atom stereocenters. The van der Waals surface area contributed by atoms with Crippen molar-refractivity contribution in [3.63, 3.8) is 0 Å². The lowest BCUT2D eigenvalue weighted by atomic mass is 10.0. The second-order valence-corrected chi connectivity index (χ2v) is 3.20. The summed E-state index contributed by atoms with van der Waals surface area (Å²) in [6.45, 7) is 6.36. The van der Waals surface area contributed by atoms with E-state index in [-0.39, 0.29) is 0 Å². The maximum Gasteiger partial charge on any atom is 0.0412 e. The molecule has 0 heterocycles. The summed E-state index contributed by atoms with van der Waals surface area (Å²) in [5.41, 5.74) is 8.63. The molecule has 1 aromatic carbocycles. The normalized spacial score (nSPS) is 9.92. The Morgan fingerprint density at radius 2 is 2.25 bits per heavy atom. The molecule has 0 aliphatic carbocycles. The first kappa shape index (κ1) is 9.30. The van der Waals surface area contributed by atoms with Crippen LogP contribution in [0.15, 0.2) is 24.8 Å². The summed E-state index contributed by atoms with van der Waals surface area (Å²) >= 11 is 5.84. The van der Waals surface area contributed by atoms with Crippen LogP contribution in [0, 0.1) is 6.92 Å². The van der Waals surface area contributed by atoms with Crippen LogP contribution in [0.2, 0.25) is 5.02 Å². The number of halogens is 1. The summed E-state index contributed by atoms with van der Waals surface area (Å²) in [7, 11) is 0. The molecule has 0 bridgehead atoms. The van der Waals surface area contributed by atoms with Crippen molar-refractivity contribution in [2.45, 2.75) is 6.92 Å². The molecule has 0 aliphatic heterocycles. The summed E-state index contributed by atoms with van der Waals surface area (Å²) in [5, 5.41) is 0.727. The number of rotatable bonds is 2. The fourth-order valence-electron chi connectivity index (χ4n) is 1.09. The summed E-state index contributed by atoms with van der Waals surface area (Å²) in [4.78, 5) is 0. The van der Waals surface area contributed by atoms with Crippen molar-refractivity contribution in [2.24, 2.45) is 5.73 Å². The van der Waals surface area contributed by atoms with Crippen molar-refractivity contribution in [3.8, 4) is 0 Å². The van der Waals surface area contributed by atoms with E-state index >= 15 is 0 Å². The minimum absolute atomic E-state index is 0.473. The van der Waals surface area contributed by atoms with E-state index < -0.39 is 0 Å². The third-order valence-corrected chi connectivity index (χ3v) is 2.06. The van der Waals surface area contributed by atoms with Crippen molar-refractivity contribution < 1.29 is 0 Å². The number of benzene rings is 1. The minimum atomic E-state index is 0.473. The van der Waals surface area contributed by atoms with Gasteiger partial charge in [0.15, 0.2) is 0 Å². The highest BCUT2D eigenvalue weighted by atomic mass is 35.5. The van der Waals surface area contributed by atoms with Crippen molar-refractivity contribution >= 4 is 17.2 Å². The van der Waals surface area contributed by atoms with E-state index in [9.17, 15) is 0 Å². The number of nitrogens with two attached hydrogens (primary N) is 1. The van der Waals surface area contributed by atoms with Crippen LogP contribution in [0.25, 0.3) is 5.57 Å². The molecule has 1 rings (SSSR count). The molecule has 0 radical (unpaired) electrons. The van der Waals surface area contributed by atoms with Gasteiger partial charge in [-0.3, -0.25) is 0 Å². The zero-order chi connectivity index (χ0) is 9.14. The van der Waals surface area contributed by atoms with Gasteiger partial charge >= 0.3 is 0 Å².